The van der Waals surface area contributed by atoms with Crippen LogP contribution in [0.3, 0.4) is 0 Å². The van der Waals surface area contributed by atoms with Gasteiger partial charge in [-0.1, -0.05) is 18.2 Å². The molecule has 0 aliphatic heterocycles. The second kappa shape index (κ2) is 3.53. The Labute approximate surface area is 85.5 Å². The fourth-order valence-electron chi connectivity index (χ4n) is 1.33. The zero-order valence-electron chi connectivity index (χ0n) is 8.06. The largest absolute Gasteiger partial charge is 0.493 e. The Balaban J connectivity index is 2.59. The van der Waals surface area contributed by atoms with Gasteiger partial charge in [0.15, 0.2) is 5.69 Å². The van der Waals surface area contributed by atoms with Crippen LogP contribution < -0.4 is 0 Å². The molecule has 0 bridgehead atoms. The van der Waals surface area contributed by atoms with Crippen molar-refractivity contribution in [3.05, 3.63) is 24.3 Å². The summed E-state index contributed by atoms with van der Waals surface area (Å²) < 4.78 is 0. The number of carbonyl (C=O) groups is 1. The van der Waals surface area contributed by atoms with Gasteiger partial charge in [0.25, 0.3) is 5.91 Å². The summed E-state index contributed by atoms with van der Waals surface area (Å²) in [5, 5.41) is 17.3. The molecule has 5 heteroatoms. The van der Waals surface area contributed by atoms with Crippen LogP contribution in [0.2, 0.25) is 0 Å². The average molecular weight is 203 g/mol. The Hall–Kier alpha value is -2.17. The molecule has 76 valence electrons. The number of aromatic nitrogens is 1. The van der Waals surface area contributed by atoms with Gasteiger partial charge in [-0.2, -0.15) is 0 Å². The minimum Gasteiger partial charge on any atom is -0.493 e. The van der Waals surface area contributed by atoms with Crippen LogP contribution in [0.1, 0.15) is 6.92 Å². The zero-order chi connectivity index (χ0) is 10.8. The fourth-order valence-corrected chi connectivity index (χ4v) is 1.33. The molecule has 0 aliphatic rings. The van der Waals surface area contributed by atoms with Gasteiger partial charge in [0, 0.05) is 12.3 Å². The van der Waals surface area contributed by atoms with E-state index in [-0.39, 0.29) is 5.88 Å². The summed E-state index contributed by atoms with van der Waals surface area (Å²) in [7, 11) is 0. The van der Waals surface area contributed by atoms with Crippen molar-refractivity contribution < 1.29 is 9.90 Å². The van der Waals surface area contributed by atoms with Crippen LogP contribution in [0, 0.1) is 0 Å². The fraction of sp³-hybridized carbons (Fsp3) is 0.100. The third-order valence-electron chi connectivity index (χ3n) is 1.95. The third-order valence-corrected chi connectivity index (χ3v) is 1.95. The first-order valence-electron chi connectivity index (χ1n) is 4.40. The van der Waals surface area contributed by atoms with Gasteiger partial charge in [0.05, 0.1) is 5.52 Å². The molecule has 1 amide bonds. The number of para-hydroxylation sites is 1. The molecule has 0 fully saturated rings. The molecule has 2 N–H and O–H groups in total. The van der Waals surface area contributed by atoms with Crippen LogP contribution in [0.15, 0.2) is 34.5 Å². The molecule has 5 nitrogen and oxygen atoms in total. The summed E-state index contributed by atoms with van der Waals surface area (Å²) >= 11 is 0. The van der Waals surface area contributed by atoms with Gasteiger partial charge in [0.1, 0.15) is 0 Å². The normalized spacial score (nSPS) is 11.3. The van der Waals surface area contributed by atoms with Crippen molar-refractivity contribution in [1.82, 2.24) is 4.98 Å². The lowest BCUT2D eigenvalue weighted by atomic mass is 10.2. The molecule has 15 heavy (non-hydrogen) atoms. The Kier molecular flexibility index (Phi) is 2.21. The number of carbonyl (C=O) groups excluding carboxylic acids is 1. The summed E-state index contributed by atoms with van der Waals surface area (Å²) in [6, 6.07) is 7.26. The highest BCUT2D eigenvalue weighted by Gasteiger charge is 2.09. The summed E-state index contributed by atoms with van der Waals surface area (Å²) in [6.07, 6.45) is 0. The van der Waals surface area contributed by atoms with Crippen molar-refractivity contribution in [3.63, 3.8) is 0 Å². The lowest BCUT2D eigenvalue weighted by molar-refractivity contribution is -0.116. The van der Waals surface area contributed by atoms with Crippen LogP contribution in [0.5, 0.6) is 5.88 Å². The van der Waals surface area contributed by atoms with E-state index in [1.54, 1.807) is 6.07 Å². The predicted octanol–water partition coefficient (Wildman–Crippen LogP) is 2.50. The number of rotatable bonds is 1. The van der Waals surface area contributed by atoms with Gasteiger partial charge in [0.2, 0.25) is 5.88 Å². The standard InChI is InChI=1S/C10H9N3O2/c1-6(14)12-13-9-7-4-2-3-5-8(7)11-10(9)15/h2-5,11,15H,1H3. The maximum atomic E-state index is 10.6. The Morgan fingerprint density at radius 3 is 2.87 bits per heavy atom. The van der Waals surface area contributed by atoms with E-state index in [9.17, 15) is 9.90 Å². The van der Waals surface area contributed by atoms with Crippen molar-refractivity contribution in [2.24, 2.45) is 10.2 Å². The number of nitrogens with one attached hydrogen (secondary N) is 1. The molecule has 0 radical (unpaired) electrons. The molecule has 0 saturated carbocycles. The Morgan fingerprint density at radius 2 is 2.13 bits per heavy atom. The second-order valence-corrected chi connectivity index (χ2v) is 3.09. The van der Waals surface area contributed by atoms with Gasteiger partial charge in [-0.15, -0.1) is 10.2 Å². The minimum atomic E-state index is -0.403. The molecule has 0 aliphatic carbocycles. The maximum Gasteiger partial charge on any atom is 0.261 e. The molecule has 0 atom stereocenters. The van der Waals surface area contributed by atoms with Crippen LogP contribution in [-0.4, -0.2) is 16.0 Å². The van der Waals surface area contributed by atoms with E-state index < -0.39 is 5.91 Å². The van der Waals surface area contributed by atoms with Crippen molar-refractivity contribution in [2.75, 3.05) is 0 Å². The number of nitrogens with zero attached hydrogens (tertiary/aromatic N) is 2. The SMILES string of the molecule is CC(=O)N=Nc1c(O)[nH]c2ccccc12. The Morgan fingerprint density at radius 1 is 1.40 bits per heavy atom. The van der Waals surface area contributed by atoms with E-state index >= 15 is 0 Å². The number of hydrogen-bond acceptors (Lipinski definition) is 3. The predicted molar refractivity (Wildman–Crippen MR) is 55.2 cm³/mol. The van der Waals surface area contributed by atoms with Gasteiger partial charge < -0.3 is 10.1 Å². The van der Waals surface area contributed by atoms with Crippen LogP contribution in [0.4, 0.5) is 5.69 Å². The molecule has 1 heterocycles. The van der Waals surface area contributed by atoms with Crippen molar-refractivity contribution in [1.29, 1.82) is 0 Å². The van der Waals surface area contributed by atoms with E-state index in [2.05, 4.69) is 15.2 Å². The van der Waals surface area contributed by atoms with Crippen molar-refractivity contribution in [2.45, 2.75) is 6.92 Å². The van der Waals surface area contributed by atoms with Gasteiger partial charge in [-0.3, -0.25) is 4.79 Å². The van der Waals surface area contributed by atoms with Crippen LogP contribution in [0.25, 0.3) is 10.9 Å². The molecule has 1 aromatic heterocycles. The van der Waals surface area contributed by atoms with Crippen LogP contribution in [-0.2, 0) is 4.79 Å². The molecular weight excluding hydrogens is 194 g/mol. The van der Waals surface area contributed by atoms with Crippen molar-refractivity contribution in [3.8, 4) is 5.88 Å². The summed E-state index contributed by atoms with van der Waals surface area (Å²) in [5.41, 5.74) is 1.05. The zero-order valence-corrected chi connectivity index (χ0v) is 8.06. The monoisotopic (exact) mass is 203 g/mol. The molecule has 0 saturated heterocycles. The lowest BCUT2D eigenvalue weighted by Crippen LogP contribution is -1.77. The number of aromatic hydroxyl groups is 1. The summed E-state index contributed by atoms with van der Waals surface area (Å²) in [6.45, 7) is 1.30. The first-order chi connectivity index (χ1) is 7.18. The first kappa shape index (κ1) is 9.39. The highest BCUT2D eigenvalue weighted by molar-refractivity contribution is 5.94. The number of hydrogen-bond donors (Lipinski definition) is 2. The minimum absolute atomic E-state index is 0.0822. The average Bonchev–Trinajstić information content (AvgIpc) is 2.50. The van der Waals surface area contributed by atoms with E-state index in [0.29, 0.717) is 5.69 Å². The van der Waals surface area contributed by atoms with Crippen molar-refractivity contribution >= 4 is 22.5 Å². The van der Waals surface area contributed by atoms with Gasteiger partial charge >= 0.3 is 0 Å². The van der Waals surface area contributed by atoms with Crippen LogP contribution >= 0.6 is 0 Å². The molecule has 2 rings (SSSR count). The first-order valence-corrected chi connectivity index (χ1v) is 4.40. The number of H-pyrrole nitrogens is 1. The maximum absolute atomic E-state index is 10.6. The number of benzene rings is 1. The quantitative estimate of drug-likeness (QED) is 0.698. The van der Waals surface area contributed by atoms with Gasteiger partial charge in [-0.25, -0.2) is 0 Å². The molecule has 0 spiro atoms. The highest BCUT2D eigenvalue weighted by atomic mass is 16.3. The second-order valence-electron chi connectivity index (χ2n) is 3.09. The lowest BCUT2D eigenvalue weighted by Gasteiger charge is -1.88. The van der Waals surface area contributed by atoms with E-state index in [0.717, 1.165) is 10.9 Å². The molecular formula is C10H9N3O2. The van der Waals surface area contributed by atoms with E-state index in [1.807, 2.05) is 18.2 Å². The number of fused-ring (bicyclic) bond motifs is 1. The van der Waals surface area contributed by atoms with E-state index in [1.165, 1.54) is 6.92 Å². The third kappa shape index (κ3) is 1.71. The number of azo groups is 1. The van der Waals surface area contributed by atoms with Gasteiger partial charge in [-0.05, 0) is 6.07 Å². The number of aromatic amines is 1. The molecule has 0 unspecified atom stereocenters. The molecule has 1 aromatic carbocycles. The molecule has 2 aromatic rings. The topological polar surface area (TPSA) is 77.8 Å². The summed E-state index contributed by atoms with van der Waals surface area (Å²) in [5.74, 6) is -0.485. The smallest absolute Gasteiger partial charge is 0.261 e. The van der Waals surface area contributed by atoms with E-state index in [4.69, 9.17) is 0 Å². The Bertz CT molecular complexity index is 543. The summed E-state index contributed by atoms with van der Waals surface area (Å²) in [4.78, 5) is 13.4. The highest BCUT2D eigenvalue weighted by Crippen LogP contribution is 2.34. The number of amides is 1.